The van der Waals surface area contributed by atoms with Gasteiger partial charge in [-0.05, 0) is 19.3 Å². The number of hydrogen-bond donors (Lipinski definition) is 0. The van der Waals surface area contributed by atoms with Gasteiger partial charge in [-0.25, -0.2) is 0 Å². The standard InChI is InChI=1S/C63H122O6/c1-4-7-10-13-16-19-22-25-28-30-32-34-36-39-42-45-48-51-54-57-63(66)69-60(58-67-61(64)55-52-49-46-43-40-37-27-24-21-18-15-12-9-6-3)59-68-62(65)56-53-50-47-44-41-38-35-33-31-29-26-23-20-17-14-11-8-5-2/h60H,4-59H2,1-3H3/t60-/m1/s1. The van der Waals surface area contributed by atoms with Gasteiger partial charge in [-0.1, -0.05) is 329 Å². The van der Waals surface area contributed by atoms with Gasteiger partial charge < -0.3 is 14.2 Å². The molecule has 0 aromatic carbocycles. The molecular formula is C63H122O6. The number of carbonyl (C=O) groups excluding carboxylic acids is 3. The van der Waals surface area contributed by atoms with Crippen LogP contribution in [0, 0.1) is 0 Å². The average molecular weight is 976 g/mol. The predicted octanol–water partition coefficient (Wildman–Crippen LogP) is 21.1. The van der Waals surface area contributed by atoms with E-state index in [0.29, 0.717) is 19.3 Å². The topological polar surface area (TPSA) is 78.9 Å². The molecule has 0 amide bonds. The van der Waals surface area contributed by atoms with Crippen LogP contribution in [0.1, 0.15) is 367 Å². The highest BCUT2D eigenvalue weighted by atomic mass is 16.6. The largest absolute Gasteiger partial charge is 0.462 e. The zero-order valence-electron chi connectivity index (χ0n) is 47.1. The van der Waals surface area contributed by atoms with Gasteiger partial charge in [-0.3, -0.25) is 14.4 Å². The second kappa shape index (κ2) is 59.0. The van der Waals surface area contributed by atoms with Crippen LogP contribution in [-0.2, 0) is 28.6 Å². The van der Waals surface area contributed by atoms with E-state index < -0.39 is 6.10 Å². The van der Waals surface area contributed by atoms with Crippen molar-refractivity contribution in [2.75, 3.05) is 13.2 Å². The second-order valence-electron chi connectivity index (χ2n) is 21.7. The summed E-state index contributed by atoms with van der Waals surface area (Å²) in [7, 11) is 0. The molecule has 0 N–H and O–H groups in total. The van der Waals surface area contributed by atoms with Gasteiger partial charge in [0.15, 0.2) is 6.10 Å². The number of carbonyl (C=O) groups is 3. The van der Waals surface area contributed by atoms with Crippen LogP contribution in [0.4, 0.5) is 0 Å². The first-order valence-electron chi connectivity index (χ1n) is 31.5. The van der Waals surface area contributed by atoms with Crippen LogP contribution in [0.5, 0.6) is 0 Å². The third-order valence-electron chi connectivity index (χ3n) is 14.6. The molecule has 0 fully saturated rings. The summed E-state index contributed by atoms with van der Waals surface area (Å²) in [5.74, 6) is -0.825. The van der Waals surface area contributed by atoms with Crippen LogP contribution < -0.4 is 0 Å². The third kappa shape index (κ3) is 57.2. The lowest BCUT2D eigenvalue weighted by atomic mass is 10.0. The Kier molecular flexibility index (Phi) is 57.6. The zero-order chi connectivity index (χ0) is 50.0. The Balaban J connectivity index is 4.27. The van der Waals surface area contributed by atoms with Crippen LogP contribution in [0.2, 0.25) is 0 Å². The lowest BCUT2D eigenvalue weighted by Crippen LogP contribution is -2.30. The fourth-order valence-electron chi connectivity index (χ4n) is 9.86. The Morgan fingerprint density at radius 3 is 0.580 bits per heavy atom. The molecule has 0 bridgehead atoms. The molecule has 0 aliphatic carbocycles. The smallest absolute Gasteiger partial charge is 0.306 e. The van der Waals surface area contributed by atoms with E-state index in [0.717, 1.165) is 57.8 Å². The predicted molar refractivity (Wildman–Crippen MR) is 298 cm³/mol. The van der Waals surface area contributed by atoms with Crippen molar-refractivity contribution in [3.63, 3.8) is 0 Å². The zero-order valence-corrected chi connectivity index (χ0v) is 47.1. The molecular weight excluding hydrogens is 853 g/mol. The lowest BCUT2D eigenvalue weighted by Gasteiger charge is -2.18. The number of rotatable bonds is 59. The summed E-state index contributed by atoms with van der Waals surface area (Å²) < 4.78 is 16.9. The number of hydrogen-bond acceptors (Lipinski definition) is 6. The van der Waals surface area contributed by atoms with Crippen LogP contribution in [-0.4, -0.2) is 37.2 Å². The minimum atomic E-state index is -0.762. The molecule has 0 aromatic heterocycles. The van der Waals surface area contributed by atoms with Gasteiger partial charge in [-0.2, -0.15) is 0 Å². The minimum Gasteiger partial charge on any atom is -0.462 e. The van der Waals surface area contributed by atoms with E-state index in [9.17, 15) is 14.4 Å². The maximum atomic E-state index is 12.9. The maximum absolute atomic E-state index is 12.9. The molecule has 0 heterocycles. The SMILES string of the molecule is CCCCCCCCCCCCCCCCCCCCCC(=O)O[C@H](COC(=O)CCCCCCCCCCCCCCCC)COC(=O)CCCCCCCCCCCCCCCCCCCC. The molecule has 6 heteroatoms. The van der Waals surface area contributed by atoms with Gasteiger partial charge in [-0.15, -0.1) is 0 Å². The van der Waals surface area contributed by atoms with Gasteiger partial charge >= 0.3 is 17.9 Å². The normalized spacial score (nSPS) is 11.9. The van der Waals surface area contributed by atoms with E-state index >= 15 is 0 Å². The molecule has 0 aromatic rings. The number of ether oxygens (including phenoxy) is 3. The summed E-state index contributed by atoms with van der Waals surface area (Å²) in [6.45, 7) is 6.73. The third-order valence-corrected chi connectivity index (χ3v) is 14.6. The van der Waals surface area contributed by atoms with Gasteiger partial charge in [0.1, 0.15) is 13.2 Å². The molecule has 6 nitrogen and oxygen atoms in total. The van der Waals surface area contributed by atoms with E-state index in [1.165, 1.54) is 270 Å². The number of unbranched alkanes of at least 4 members (excludes halogenated alkanes) is 48. The van der Waals surface area contributed by atoms with Crippen molar-refractivity contribution in [3.05, 3.63) is 0 Å². The summed E-state index contributed by atoms with van der Waals surface area (Å²) in [5, 5.41) is 0. The molecule has 0 saturated carbocycles. The molecule has 1 atom stereocenters. The van der Waals surface area contributed by atoms with Crippen molar-refractivity contribution in [1.82, 2.24) is 0 Å². The molecule has 0 saturated heterocycles. The van der Waals surface area contributed by atoms with Crippen LogP contribution in [0.15, 0.2) is 0 Å². The van der Waals surface area contributed by atoms with E-state index in [1.807, 2.05) is 0 Å². The van der Waals surface area contributed by atoms with Gasteiger partial charge in [0.2, 0.25) is 0 Å². The second-order valence-corrected chi connectivity index (χ2v) is 21.7. The highest BCUT2D eigenvalue weighted by Crippen LogP contribution is 2.18. The summed E-state index contributed by atoms with van der Waals surface area (Å²) >= 11 is 0. The molecule has 0 spiro atoms. The van der Waals surface area contributed by atoms with Crippen molar-refractivity contribution in [1.29, 1.82) is 0 Å². The molecule has 0 radical (unpaired) electrons. The molecule has 0 aliphatic heterocycles. The first kappa shape index (κ1) is 67.4. The van der Waals surface area contributed by atoms with Crippen molar-refractivity contribution in [2.45, 2.75) is 374 Å². The maximum Gasteiger partial charge on any atom is 0.306 e. The van der Waals surface area contributed by atoms with Crippen LogP contribution in [0.25, 0.3) is 0 Å². The van der Waals surface area contributed by atoms with Crippen molar-refractivity contribution in [2.24, 2.45) is 0 Å². The monoisotopic (exact) mass is 975 g/mol. The summed E-state index contributed by atoms with van der Waals surface area (Å²) in [5.41, 5.74) is 0. The first-order chi connectivity index (χ1) is 34.0. The first-order valence-corrected chi connectivity index (χ1v) is 31.5. The van der Waals surface area contributed by atoms with Crippen LogP contribution in [0.3, 0.4) is 0 Å². The van der Waals surface area contributed by atoms with Crippen LogP contribution >= 0.6 is 0 Å². The van der Waals surface area contributed by atoms with E-state index in [4.69, 9.17) is 14.2 Å². The Hall–Kier alpha value is -1.59. The summed E-state index contributed by atoms with van der Waals surface area (Å²) in [6.07, 6.45) is 66.7. The van der Waals surface area contributed by atoms with Gasteiger partial charge in [0.25, 0.3) is 0 Å². The molecule has 69 heavy (non-hydrogen) atoms. The van der Waals surface area contributed by atoms with Crippen molar-refractivity contribution < 1.29 is 28.6 Å². The molecule has 0 rings (SSSR count). The molecule has 0 unspecified atom stereocenters. The lowest BCUT2D eigenvalue weighted by molar-refractivity contribution is -0.167. The Labute approximate surface area is 431 Å². The summed E-state index contributed by atoms with van der Waals surface area (Å²) in [6, 6.07) is 0. The Bertz CT molecular complexity index is 1030. The highest BCUT2D eigenvalue weighted by molar-refractivity contribution is 5.71. The average Bonchev–Trinajstić information content (AvgIpc) is 3.35. The Morgan fingerprint density at radius 2 is 0.391 bits per heavy atom. The van der Waals surface area contributed by atoms with Gasteiger partial charge in [0, 0.05) is 19.3 Å². The van der Waals surface area contributed by atoms with Crippen molar-refractivity contribution >= 4 is 17.9 Å². The minimum absolute atomic E-state index is 0.0606. The molecule has 0 aliphatic rings. The fraction of sp³-hybridized carbons (Fsp3) is 0.952. The van der Waals surface area contributed by atoms with Crippen molar-refractivity contribution in [3.8, 4) is 0 Å². The summed E-state index contributed by atoms with van der Waals surface area (Å²) in [4.78, 5) is 38.3. The highest BCUT2D eigenvalue weighted by Gasteiger charge is 2.19. The Morgan fingerprint density at radius 1 is 0.232 bits per heavy atom. The fourth-order valence-corrected chi connectivity index (χ4v) is 9.86. The van der Waals surface area contributed by atoms with E-state index in [1.54, 1.807) is 0 Å². The molecule has 410 valence electrons. The van der Waals surface area contributed by atoms with Gasteiger partial charge in [0.05, 0.1) is 0 Å². The van der Waals surface area contributed by atoms with E-state index in [2.05, 4.69) is 20.8 Å². The quantitative estimate of drug-likeness (QED) is 0.0343. The van der Waals surface area contributed by atoms with E-state index in [-0.39, 0.29) is 31.1 Å². The number of esters is 3.